The van der Waals surface area contributed by atoms with Crippen molar-refractivity contribution in [2.75, 3.05) is 19.7 Å². The number of esters is 1. The average molecular weight is 415 g/mol. The minimum Gasteiger partial charge on any atom is -0.454 e. The van der Waals surface area contributed by atoms with Crippen LogP contribution in [0.2, 0.25) is 0 Å². The van der Waals surface area contributed by atoms with Crippen molar-refractivity contribution in [3.8, 4) is 0 Å². The molecule has 0 saturated carbocycles. The topological polar surface area (TPSA) is 105 Å². The van der Waals surface area contributed by atoms with Gasteiger partial charge in [-0.1, -0.05) is 42.5 Å². The Morgan fingerprint density at radius 3 is 2.48 bits per heavy atom. The summed E-state index contributed by atoms with van der Waals surface area (Å²) in [6, 6.07) is 15.9. The lowest BCUT2D eigenvalue weighted by Gasteiger charge is -2.20. The first-order chi connectivity index (χ1) is 13.9. The third kappa shape index (κ3) is 5.00. The van der Waals surface area contributed by atoms with Crippen LogP contribution in [0.15, 0.2) is 64.5 Å². The van der Waals surface area contributed by atoms with Crippen molar-refractivity contribution in [3.63, 3.8) is 0 Å². The van der Waals surface area contributed by atoms with E-state index in [1.807, 2.05) is 37.3 Å². The van der Waals surface area contributed by atoms with Crippen molar-refractivity contribution in [1.29, 1.82) is 0 Å². The average Bonchev–Trinajstić information content (AvgIpc) is 3.00. The first-order valence-corrected chi connectivity index (χ1v) is 10.5. The van der Waals surface area contributed by atoms with Gasteiger partial charge >= 0.3 is 5.97 Å². The molecule has 8 nitrogen and oxygen atoms in total. The molecule has 1 aliphatic heterocycles. The molecule has 1 amide bonds. The number of nitrogens with one attached hydrogen (secondary N) is 1. The van der Waals surface area contributed by atoms with E-state index >= 15 is 0 Å². The lowest BCUT2D eigenvalue weighted by molar-refractivity contribution is -0.151. The Labute approximate surface area is 169 Å². The standard InChI is InChI=1S/C20H21N3O5S/c1-2-23(13-15-8-4-3-5-9-15)18(24)14-28-19(25)12-21-20-16-10-6-7-11-17(16)29(26,27)22-20/h3-11H,2,12-14H2,1H3,(H,21,22). The molecule has 0 bridgehead atoms. The van der Waals surface area contributed by atoms with Gasteiger partial charge in [-0.25, -0.2) is 8.42 Å². The maximum Gasteiger partial charge on any atom is 0.328 e. The van der Waals surface area contributed by atoms with Gasteiger partial charge in [0.05, 0.1) is 4.90 Å². The minimum atomic E-state index is -3.67. The molecule has 1 N–H and O–H groups in total. The normalized spacial score (nSPS) is 15.4. The van der Waals surface area contributed by atoms with Crippen molar-refractivity contribution in [1.82, 2.24) is 9.62 Å². The monoisotopic (exact) mass is 415 g/mol. The molecule has 3 rings (SSSR count). The summed E-state index contributed by atoms with van der Waals surface area (Å²) < 4.78 is 31.4. The van der Waals surface area contributed by atoms with Gasteiger partial charge in [0.25, 0.3) is 15.9 Å². The Balaban J connectivity index is 1.55. The first-order valence-electron chi connectivity index (χ1n) is 9.04. The van der Waals surface area contributed by atoms with E-state index in [1.165, 1.54) is 6.07 Å². The number of rotatable bonds is 7. The van der Waals surface area contributed by atoms with Crippen molar-refractivity contribution >= 4 is 27.7 Å². The number of carbonyl (C=O) groups is 2. The smallest absolute Gasteiger partial charge is 0.328 e. The lowest BCUT2D eigenvalue weighted by atomic mass is 10.2. The number of benzene rings is 2. The van der Waals surface area contributed by atoms with Crippen LogP contribution in [0.1, 0.15) is 18.1 Å². The maximum absolute atomic E-state index is 12.3. The summed E-state index contributed by atoms with van der Waals surface area (Å²) >= 11 is 0. The zero-order chi connectivity index (χ0) is 20.9. The number of amides is 1. The Morgan fingerprint density at radius 1 is 1.07 bits per heavy atom. The fourth-order valence-corrected chi connectivity index (χ4v) is 4.11. The van der Waals surface area contributed by atoms with Gasteiger partial charge in [0, 0.05) is 18.7 Å². The first kappa shape index (κ1) is 20.5. The predicted molar refractivity (Wildman–Crippen MR) is 107 cm³/mol. The molecule has 9 heteroatoms. The van der Waals surface area contributed by atoms with E-state index in [0.717, 1.165) is 5.56 Å². The number of ether oxygens (including phenoxy) is 1. The Kier molecular flexibility index (Phi) is 6.28. The van der Waals surface area contributed by atoms with E-state index in [0.29, 0.717) is 18.7 Å². The van der Waals surface area contributed by atoms with Gasteiger partial charge in [0.2, 0.25) is 0 Å². The molecular weight excluding hydrogens is 394 g/mol. The minimum absolute atomic E-state index is 0.0862. The Morgan fingerprint density at radius 2 is 1.76 bits per heavy atom. The predicted octanol–water partition coefficient (Wildman–Crippen LogP) is 1.32. The number of amidine groups is 1. The summed E-state index contributed by atoms with van der Waals surface area (Å²) in [5, 5.41) is 0. The highest BCUT2D eigenvalue weighted by atomic mass is 32.2. The summed E-state index contributed by atoms with van der Waals surface area (Å²) in [7, 11) is -3.67. The van der Waals surface area contributed by atoms with Crippen molar-refractivity contribution in [3.05, 3.63) is 65.7 Å². The third-order valence-corrected chi connectivity index (χ3v) is 5.73. The molecule has 0 fully saturated rings. The molecule has 1 heterocycles. The van der Waals surface area contributed by atoms with Crippen molar-refractivity contribution in [2.24, 2.45) is 4.99 Å². The van der Waals surface area contributed by atoms with E-state index < -0.39 is 29.1 Å². The zero-order valence-corrected chi connectivity index (χ0v) is 16.7. The SMILES string of the molecule is CCN(Cc1ccccc1)C(=O)COC(=O)CN=C1NS(=O)(=O)c2ccccc21. The van der Waals surface area contributed by atoms with E-state index in [1.54, 1.807) is 23.1 Å². The van der Waals surface area contributed by atoms with Gasteiger partial charge < -0.3 is 9.64 Å². The second-order valence-electron chi connectivity index (χ2n) is 6.32. The highest BCUT2D eigenvalue weighted by Crippen LogP contribution is 2.22. The summed E-state index contributed by atoms with van der Waals surface area (Å²) in [4.78, 5) is 30.0. The summed E-state index contributed by atoms with van der Waals surface area (Å²) in [5.74, 6) is -0.947. The summed E-state index contributed by atoms with van der Waals surface area (Å²) in [5.41, 5.74) is 1.38. The number of fused-ring (bicyclic) bond motifs is 1. The molecule has 152 valence electrons. The van der Waals surface area contributed by atoms with Crippen molar-refractivity contribution in [2.45, 2.75) is 18.4 Å². The molecule has 1 aliphatic rings. The Bertz CT molecular complexity index is 1040. The Hall–Kier alpha value is -3.20. The molecule has 0 spiro atoms. The van der Waals surface area contributed by atoms with Gasteiger partial charge in [-0.05, 0) is 24.6 Å². The number of sulfonamides is 1. The molecule has 2 aromatic rings. The number of hydrogen-bond donors (Lipinski definition) is 1. The van der Waals surface area contributed by atoms with Gasteiger partial charge in [-0.15, -0.1) is 0 Å². The van der Waals surface area contributed by atoms with Crippen LogP contribution in [-0.2, 0) is 30.9 Å². The molecule has 0 unspecified atom stereocenters. The van der Waals surface area contributed by atoms with Crippen LogP contribution >= 0.6 is 0 Å². The molecule has 2 aromatic carbocycles. The van der Waals surface area contributed by atoms with Crippen molar-refractivity contribution < 1.29 is 22.7 Å². The molecular formula is C20H21N3O5S. The second-order valence-corrected chi connectivity index (χ2v) is 7.97. The fourth-order valence-electron chi connectivity index (χ4n) is 2.85. The van der Waals surface area contributed by atoms with Crippen LogP contribution in [0.4, 0.5) is 0 Å². The van der Waals surface area contributed by atoms with Gasteiger partial charge in [-0.2, -0.15) is 0 Å². The number of aliphatic imine (C=N–C) groups is 1. The van der Waals surface area contributed by atoms with E-state index in [2.05, 4.69) is 9.71 Å². The van der Waals surface area contributed by atoms with Crippen LogP contribution in [-0.4, -0.2) is 50.7 Å². The van der Waals surface area contributed by atoms with E-state index in [9.17, 15) is 18.0 Å². The molecule has 0 saturated heterocycles. The third-order valence-electron chi connectivity index (χ3n) is 4.34. The maximum atomic E-state index is 12.3. The number of hydrogen-bond acceptors (Lipinski definition) is 6. The lowest BCUT2D eigenvalue weighted by Crippen LogP contribution is -2.34. The largest absolute Gasteiger partial charge is 0.454 e. The van der Waals surface area contributed by atoms with Gasteiger partial charge in [-0.3, -0.25) is 19.3 Å². The quantitative estimate of drug-likeness (QED) is 0.687. The molecule has 0 atom stereocenters. The zero-order valence-electron chi connectivity index (χ0n) is 15.9. The number of likely N-dealkylation sites (N-methyl/N-ethyl adjacent to an activating group) is 1. The highest BCUT2D eigenvalue weighted by molar-refractivity contribution is 7.90. The van der Waals surface area contributed by atoms with Crippen LogP contribution in [0.25, 0.3) is 0 Å². The molecule has 29 heavy (non-hydrogen) atoms. The van der Waals surface area contributed by atoms with E-state index in [-0.39, 0.29) is 16.6 Å². The van der Waals surface area contributed by atoms with Gasteiger partial charge in [0.15, 0.2) is 6.61 Å². The van der Waals surface area contributed by atoms with Crippen LogP contribution in [0, 0.1) is 0 Å². The highest BCUT2D eigenvalue weighted by Gasteiger charge is 2.30. The molecule has 0 radical (unpaired) electrons. The second kappa shape index (κ2) is 8.87. The number of nitrogens with zero attached hydrogens (tertiary/aromatic N) is 2. The van der Waals surface area contributed by atoms with Crippen LogP contribution in [0.5, 0.6) is 0 Å². The fraction of sp³-hybridized carbons (Fsp3) is 0.250. The van der Waals surface area contributed by atoms with Crippen LogP contribution < -0.4 is 4.72 Å². The van der Waals surface area contributed by atoms with E-state index in [4.69, 9.17) is 4.74 Å². The summed E-state index contributed by atoms with van der Waals surface area (Å²) in [6.45, 7) is 1.95. The molecule has 0 aliphatic carbocycles. The summed E-state index contributed by atoms with van der Waals surface area (Å²) in [6.07, 6.45) is 0. The van der Waals surface area contributed by atoms with Crippen LogP contribution in [0.3, 0.4) is 0 Å². The van der Waals surface area contributed by atoms with Gasteiger partial charge in [0.1, 0.15) is 12.4 Å². The number of carbonyl (C=O) groups excluding carboxylic acids is 2. The molecule has 0 aromatic heterocycles.